The Kier molecular flexibility index (Phi) is 1.20. The Morgan fingerprint density at radius 1 is 2.00 bits per heavy atom. The molecule has 2 heteroatoms. The summed E-state index contributed by atoms with van der Waals surface area (Å²) in [5.41, 5.74) is 1.42. The summed E-state index contributed by atoms with van der Waals surface area (Å²) >= 11 is 0. The Bertz CT molecular complexity index is 98.3. The van der Waals surface area contributed by atoms with Crippen LogP contribution in [0, 0.1) is 5.92 Å². The van der Waals surface area contributed by atoms with Gasteiger partial charge in [-0.25, -0.2) is 0 Å². The van der Waals surface area contributed by atoms with E-state index in [1.54, 1.807) is 0 Å². The molecule has 0 aromatic heterocycles. The molecule has 1 saturated carbocycles. The van der Waals surface area contributed by atoms with Crippen molar-refractivity contribution in [1.29, 1.82) is 0 Å². The van der Waals surface area contributed by atoms with Crippen LogP contribution in [-0.4, -0.2) is 19.6 Å². The molecule has 1 fully saturated rings. The number of aliphatic hydroxyl groups excluding tert-OH is 1. The van der Waals surface area contributed by atoms with E-state index in [-0.39, 0.29) is 0 Å². The molecular formula is C5H9BO. The summed E-state index contributed by atoms with van der Waals surface area (Å²) in [6, 6.07) is 0. The molecule has 1 rings (SSSR count). The minimum Gasteiger partial charge on any atom is -0.396 e. The fraction of sp³-hybridized carbons (Fsp3) is 0.600. The molecule has 1 N–H and O–H groups in total. The van der Waals surface area contributed by atoms with Gasteiger partial charge in [-0.2, -0.15) is 0 Å². The molecule has 0 spiro atoms. The molecule has 7 heavy (non-hydrogen) atoms. The van der Waals surface area contributed by atoms with Crippen LogP contribution in [-0.2, 0) is 0 Å². The van der Waals surface area contributed by atoms with Crippen LogP contribution in [0.5, 0.6) is 0 Å². The van der Waals surface area contributed by atoms with Gasteiger partial charge in [0.15, 0.2) is 0 Å². The largest absolute Gasteiger partial charge is 0.396 e. The van der Waals surface area contributed by atoms with E-state index in [9.17, 15) is 0 Å². The molecule has 0 aromatic rings. The monoisotopic (exact) mass is 96.1 g/mol. The van der Waals surface area contributed by atoms with Crippen molar-refractivity contribution in [1.82, 2.24) is 0 Å². The van der Waals surface area contributed by atoms with Crippen LogP contribution in [0.15, 0.2) is 11.5 Å². The highest BCUT2D eigenvalue weighted by atomic mass is 16.3. The van der Waals surface area contributed by atoms with Crippen molar-refractivity contribution in [2.45, 2.75) is 6.42 Å². The lowest BCUT2D eigenvalue weighted by molar-refractivity contribution is 0.281. The van der Waals surface area contributed by atoms with Gasteiger partial charge in [0.05, 0.1) is 0 Å². The molecule has 1 aliphatic carbocycles. The highest BCUT2D eigenvalue weighted by molar-refractivity contribution is 6.17. The second-order valence-corrected chi connectivity index (χ2v) is 1.95. The smallest absolute Gasteiger partial charge is 0.129 e. The molecule has 38 valence electrons. The number of hydrogen-bond acceptors (Lipinski definition) is 1. The second-order valence-electron chi connectivity index (χ2n) is 1.95. The van der Waals surface area contributed by atoms with Crippen LogP contribution < -0.4 is 0 Å². The third-order valence-electron chi connectivity index (χ3n) is 1.44. The van der Waals surface area contributed by atoms with Crippen LogP contribution >= 0.6 is 0 Å². The van der Waals surface area contributed by atoms with Crippen LogP contribution in [0.4, 0.5) is 0 Å². The van der Waals surface area contributed by atoms with Gasteiger partial charge in [0.25, 0.3) is 0 Å². The zero-order valence-electron chi connectivity index (χ0n) is 4.52. The van der Waals surface area contributed by atoms with Gasteiger partial charge in [-0.3, -0.25) is 0 Å². The summed E-state index contributed by atoms with van der Waals surface area (Å²) in [5, 5.41) is 8.47. The van der Waals surface area contributed by atoms with Crippen molar-refractivity contribution in [3.63, 3.8) is 0 Å². The predicted molar refractivity (Wildman–Crippen MR) is 31.8 cm³/mol. The zero-order valence-corrected chi connectivity index (χ0v) is 4.52. The summed E-state index contributed by atoms with van der Waals surface area (Å²) in [5.74, 6) is 2.62. The van der Waals surface area contributed by atoms with Crippen molar-refractivity contribution >= 4 is 7.85 Å². The van der Waals surface area contributed by atoms with E-state index in [1.165, 1.54) is 5.57 Å². The second kappa shape index (κ2) is 1.70. The van der Waals surface area contributed by atoms with Gasteiger partial charge < -0.3 is 5.11 Å². The third-order valence-corrected chi connectivity index (χ3v) is 1.44. The van der Waals surface area contributed by atoms with Gasteiger partial charge >= 0.3 is 0 Å². The van der Waals surface area contributed by atoms with Gasteiger partial charge in [-0.05, 0) is 6.42 Å². The third kappa shape index (κ3) is 0.857. The minimum absolute atomic E-state index is 0.347. The van der Waals surface area contributed by atoms with Crippen LogP contribution in [0.1, 0.15) is 6.42 Å². The molecule has 0 amide bonds. The Morgan fingerprint density at radius 2 is 2.71 bits per heavy atom. The SMILES string of the molecule is B/C=C1/CC1CO. The normalized spacial score (nSPS) is 33.9. The molecule has 0 aromatic carbocycles. The molecule has 1 aliphatic rings. The van der Waals surface area contributed by atoms with E-state index in [1.807, 2.05) is 7.85 Å². The van der Waals surface area contributed by atoms with Gasteiger partial charge in [0, 0.05) is 12.5 Å². The first-order valence-electron chi connectivity index (χ1n) is 2.64. The Hall–Kier alpha value is -0.235. The predicted octanol–water partition coefficient (Wildman–Crippen LogP) is -0.484. The Balaban J connectivity index is 2.31. The summed E-state index contributed by atoms with van der Waals surface area (Å²) in [6.07, 6.45) is 1.13. The molecular weight excluding hydrogens is 86.9 g/mol. The van der Waals surface area contributed by atoms with Gasteiger partial charge in [-0.15, -0.1) is 5.98 Å². The van der Waals surface area contributed by atoms with Crippen molar-refractivity contribution in [3.8, 4) is 0 Å². The maximum absolute atomic E-state index is 8.47. The van der Waals surface area contributed by atoms with E-state index in [4.69, 9.17) is 5.11 Å². The number of rotatable bonds is 1. The van der Waals surface area contributed by atoms with Crippen LogP contribution in [0.2, 0.25) is 0 Å². The zero-order chi connectivity index (χ0) is 5.28. The van der Waals surface area contributed by atoms with E-state index in [0.717, 1.165) is 6.42 Å². The van der Waals surface area contributed by atoms with Crippen molar-refractivity contribution < 1.29 is 5.11 Å². The molecule has 0 radical (unpaired) electrons. The van der Waals surface area contributed by atoms with E-state index < -0.39 is 0 Å². The summed E-state index contributed by atoms with van der Waals surface area (Å²) in [4.78, 5) is 0. The fourth-order valence-corrected chi connectivity index (χ4v) is 0.761. The summed E-state index contributed by atoms with van der Waals surface area (Å²) < 4.78 is 0. The van der Waals surface area contributed by atoms with E-state index >= 15 is 0 Å². The van der Waals surface area contributed by atoms with Crippen molar-refractivity contribution in [2.75, 3.05) is 6.61 Å². The molecule has 1 atom stereocenters. The summed E-state index contributed by atoms with van der Waals surface area (Å²) in [7, 11) is 2.02. The quantitative estimate of drug-likeness (QED) is 0.437. The standard InChI is InChI=1S/C5H9BO/c6-2-4-1-5(4)3-7/h2,5,7H,1,3,6H2/b4-2-. The van der Waals surface area contributed by atoms with Gasteiger partial charge in [0.1, 0.15) is 7.85 Å². The van der Waals surface area contributed by atoms with Gasteiger partial charge in [0.2, 0.25) is 0 Å². The first kappa shape index (κ1) is 4.91. The van der Waals surface area contributed by atoms with Gasteiger partial charge in [-0.1, -0.05) is 5.57 Å². The number of hydrogen-bond donors (Lipinski definition) is 1. The highest BCUT2D eigenvalue weighted by Gasteiger charge is 2.26. The summed E-state index contributed by atoms with van der Waals surface area (Å²) in [6.45, 7) is 0.347. The lowest BCUT2D eigenvalue weighted by Crippen LogP contribution is -1.80. The Morgan fingerprint density at radius 3 is 2.86 bits per heavy atom. The molecule has 1 nitrogen and oxygen atoms in total. The molecule has 1 unspecified atom stereocenters. The minimum atomic E-state index is 0.347. The maximum Gasteiger partial charge on any atom is 0.129 e. The maximum atomic E-state index is 8.47. The average molecular weight is 95.9 g/mol. The van der Waals surface area contributed by atoms with Crippen LogP contribution in [0.25, 0.3) is 0 Å². The van der Waals surface area contributed by atoms with E-state index in [2.05, 4.69) is 5.98 Å². The Labute approximate surface area is 44.4 Å². The lowest BCUT2D eigenvalue weighted by Gasteiger charge is -1.76. The van der Waals surface area contributed by atoms with E-state index in [0.29, 0.717) is 12.5 Å². The van der Waals surface area contributed by atoms with Crippen LogP contribution in [0.3, 0.4) is 0 Å². The van der Waals surface area contributed by atoms with Crippen molar-refractivity contribution in [3.05, 3.63) is 11.5 Å². The topological polar surface area (TPSA) is 20.2 Å². The molecule has 0 saturated heterocycles. The molecule has 0 heterocycles. The van der Waals surface area contributed by atoms with Crippen molar-refractivity contribution in [2.24, 2.45) is 5.92 Å². The first-order valence-corrected chi connectivity index (χ1v) is 2.64. The highest BCUT2D eigenvalue weighted by Crippen LogP contribution is 2.35. The average Bonchev–Trinajstić information content (AvgIpc) is 2.43. The molecule has 0 bridgehead atoms. The number of aliphatic hydroxyl groups is 1. The first-order chi connectivity index (χ1) is 3.38. The lowest BCUT2D eigenvalue weighted by atomic mass is 10.1. The molecule has 0 aliphatic heterocycles. The fourth-order valence-electron chi connectivity index (χ4n) is 0.761.